The number of aromatic nitrogens is 2. The van der Waals surface area contributed by atoms with E-state index in [2.05, 4.69) is 9.97 Å². The van der Waals surface area contributed by atoms with Crippen molar-refractivity contribution in [2.75, 3.05) is 14.2 Å². The topological polar surface area (TPSA) is 55.3 Å². The quantitative estimate of drug-likeness (QED) is 0.547. The van der Waals surface area contributed by atoms with E-state index >= 15 is 0 Å². The molecular weight excluding hydrogens is 206 g/mol. The third kappa shape index (κ3) is 2.40. The van der Waals surface area contributed by atoms with Crippen molar-refractivity contribution in [2.45, 2.75) is 6.92 Å². The van der Waals surface area contributed by atoms with Crippen molar-refractivity contribution < 1.29 is 9.63 Å². The summed E-state index contributed by atoms with van der Waals surface area (Å²) in [5.41, 5.74) is 0.215. The molecule has 0 aliphatic rings. The number of carbonyl (C=O) groups excluding carboxylic acids is 1. The van der Waals surface area contributed by atoms with Crippen molar-refractivity contribution in [3.05, 3.63) is 22.7 Å². The largest absolute Gasteiger partial charge is 0.295 e. The van der Waals surface area contributed by atoms with Gasteiger partial charge in [-0.15, -0.1) is 0 Å². The van der Waals surface area contributed by atoms with Gasteiger partial charge < -0.3 is 0 Å². The van der Waals surface area contributed by atoms with Crippen LogP contribution in [0.1, 0.15) is 16.3 Å². The van der Waals surface area contributed by atoms with E-state index in [0.717, 1.165) is 5.06 Å². The average Bonchev–Trinajstić information content (AvgIpc) is 2.14. The number of carbonyl (C=O) groups is 1. The molecule has 14 heavy (non-hydrogen) atoms. The second-order valence-corrected chi connectivity index (χ2v) is 3.00. The van der Waals surface area contributed by atoms with E-state index in [-0.39, 0.29) is 16.8 Å². The Kier molecular flexibility index (Phi) is 3.38. The van der Waals surface area contributed by atoms with E-state index in [1.807, 2.05) is 0 Å². The van der Waals surface area contributed by atoms with Crippen molar-refractivity contribution in [3.63, 3.8) is 0 Å². The summed E-state index contributed by atoms with van der Waals surface area (Å²) in [7, 11) is 2.89. The Morgan fingerprint density at radius 2 is 2.21 bits per heavy atom. The average molecular weight is 216 g/mol. The number of nitrogens with zero attached hydrogens (tertiary/aromatic N) is 3. The second kappa shape index (κ2) is 4.34. The van der Waals surface area contributed by atoms with Crippen LogP contribution in [0.2, 0.25) is 5.15 Å². The van der Waals surface area contributed by atoms with Gasteiger partial charge in [-0.1, -0.05) is 11.6 Å². The number of rotatable bonds is 2. The number of aryl methyl sites for hydroxylation is 1. The Hall–Kier alpha value is -1.20. The van der Waals surface area contributed by atoms with Gasteiger partial charge in [0.1, 0.15) is 16.7 Å². The van der Waals surface area contributed by atoms with Crippen molar-refractivity contribution >= 4 is 17.5 Å². The Labute approximate surface area is 86.6 Å². The normalized spacial score (nSPS) is 10.0. The smallest absolute Gasteiger partial charge is 0.274 e. The third-order valence-corrected chi connectivity index (χ3v) is 1.78. The summed E-state index contributed by atoms with van der Waals surface area (Å²) >= 11 is 5.68. The van der Waals surface area contributed by atoms with Crippen LogP contribution in [0.5, 0.6) is 0 Å². The minimum Gasteiger partial charge on any atom is -0.274 e. The first-order valence-electron chi connectivity index (χ1n) is 3.88. The number of amides is 1. The van der Waals surface area contributed by atoms with E-state index in [1.54, 1.807) is 6.92 Å². The molecule has 1 aromatic rings. The van der Waals surface area contributed by atoms with Crippen LogP contribution < -0.4 is 0 Å². The van der Waals surface area contributed by atoms with Crippen LogP contribution >= 0.6 is 11.6 Å². The summed E-state index contributed by atoms with van der Waals surface area (Å²) in [5, 5.41) is 1.31. The van der Waals surface area contributed by atoms with Gasteiger partial charge in [0.25, 0.3) is 5.91 Å². The lowest BCUT2D eigenvalue weighted by Gasteiger charge is -2.12. The summed E-state index contributed by atoms with van der Waals surface area (Å²) in [6.45, 7) is 1.66. The van der Waals surface area contributed by atoms with Gasteiger partial charge in [0.05, 0.1) is 7.11 Å². The zero-order valence-corrected chi connectivity index (χ0v) is 8.87. The summed E-state index contributed by atoms with van der Waals surface area (Å²) < 4.78 is 0. The predicted molar refractivity (Wildman–Crippen MR) is 50.9 cm³/mol. The fraction of sp³-hybridized carbons (Fsp3) is 0.375. The molecule has 0 atom stereocenters. The van der Waals surface area contributed by atoms with Gasteiger partial charge in [-0.2, -0.15) is 0 Å². The van der Waals surface area contributed by atoms with Crippen molar-refractivity contribution in [2.24, 2.45) is 0 Å². The van der Waals surface area contributed by atoms with E-state index in [9.17, 15) is 4.79 Å². The molecule has 0 N–H and O–H groups in total. The van der Waals surface area contributed by atoms with Gasteiger partial charge in [-0.05, 0) is 6.92 Å². The Balaban J connectivity index is 3.01. The highest BCUT2D eigenvalue weighted by molar-refractivity contribution is 6.29. The lowest BCUT2D eigenvalue weighted by molar-refractivity contribution is -0.0760. The molecule has 1 aromatic heterocycles. The summed E-state index contributed by atoms with van der Waals surface area (Å²) in [6.07, 6.45) is 0. The molecule has 0 saturated carbocycles. The van der Waals surface area contributed by atoms with Crippen molar-refractivity contribution in [3.8, 4) is 0 Å². The molecule has 6 heteroatoms. The maximum Gasteiger partial charge on any atom is 0.295 e. The Morgan fingerprint density at radius 3 is 2.71 bits per heavy atom. The molecular formula is C8H10ClN3O2. The van der Waals surface area contributed by atoms with E-state index in [0.29, 0.717) is 5.82 Å². The number of halogens is 1. The van der Waals surface area contributed by atoms with E-state index in [1.165, 1.54) is 20.2 Å². The van der Waals surface area contributed by atoms with E-state index < -0.39 is 0 Å². The molecule has 0 bridgehead atoms. The van der Waals surface area contributed by atoms with Crippen LogP contribution in [0, 0.1) is 6.92 Å². The maximum atomic E-state index is 11.5. The van der Waals surface area contributed by atoms with Gasteiger partial charge in [-0.3, -0.25) is 9.63 Å². The lowest BCUT2D eigenvalue weighted by atomic mass is 10.4. The third-order valence-electron chi connectivity index (χ3n) is 1.59. The zero-order chi connectivity index (χ0) is 10.7. The predicted octanol–water partition coefficient (Wildman–Crippen LogP) is 1.07. The lowest BCUT2D eigenvalue weighted by Crippen LogP contribution is -2.26. The maximum absolute atomic E-state index is 11.5. The molecule has 1 rings (SSSR count). The summed E-state index contributed by atoms with van der Waals surface area (Å²) in [5.74, 6) is 0.0882. The zero-order valence-electron chi connectivity index (χ0n) is 8.11. The standard InChI is InChI=1S/C8H10ClN3O2/c1-5-10-6(4-7(9)11-5)8(13)12(2)14-3/h4H,1-3H3. The van der Waals surface area contributed by atoms with E-state index in [4.69, 9.17) is 16.4 Å². The number of hydrogen-bond acceptors (Lipinski definition) is 4. The molecule has 5 nitrogen and oxygen atoms in total. The first-order chi connectivity index (χ1) is 6.54. The monoisotopic (exact) mass is 215 g/mol. The van der Waals surface area contributed by atoms with Crippen LogP contribution in [0.4, 0.5) is 0 Å². The molecule has 0 aliphatic heterocycles. The molecule has 0 spiro atoms. The highest BCUT2D eigenvalue weighted by Crippen LogP contribution is 2.08. The first-order valence-corrected chi connectivity index (χ1v) is 4.25. The molecule has 0 aromatic carbocycles. The van der Waals surface area contributed by atoms with Crippen molar-refractivity contribution in [1.29, 1.82) is 0 Å². The van der Waals surface area contributed by atoms with Gasteiger partial charge in [0.15, 0.2) is 0 Å². The van der Waals surface area contributed by atoms with Crippen LogP contribution in [0.15, 0.2) is 6.07 Å². The number of hydroxylamine groups is 2. The van der Waals surface area contributed by atoms with Gasteiger partial charge in [-0.25, -0.2) is 15.0 Å². The fourth-order valence-corrected chi connectivity index (χ4v) is 1.11. The van der Waals surface area contributed by atoms with Crippen LogP contribution in [0.25, 0.3) is 0 Å². The minimum atomic E-state index is -0.361. The van der Waals surface area contributed by atoms with Gasteiger partial charge in [0, 0.05) is 13.1 Å². The minimum absolute atomic E-state index is 0.215. The van der Waals surface area contributed by atoms with Crippen LogP contribution in [-0.2, 0) is 4.84 Å². The molecule has 0 unspecified atom stereocenters. The highest BCUT2D eigenvalue weighted by Gasteiger charge is 2.14. The Morgan fingerprint density at radius 1 is 1.57 bits per heavy atom. The molecule has 0 saturated heterocycles. The van der Waals surface area contributed by atoms with Gasteiger partial charge >= 0.3 is 0 Å². The molecule has 0 aliphatic carbocycles. The van der Waals surface area contributed by atoms with Gasteiger partial charge in [0.2, 0.25) is 0 Å². The Bertz CT molecular complexity index is 336. The van der Waals surface area contributed by atoms with Crippen LogP contribution in [-0.4, -0.2) is 35.1 Å². The first kappa shape index (κ1) is 10.9. The summed E-state index contributed by atoms with van der Waals surface area (Å²) in [6, 6.07) is 1.40. The highest BCUT2D eigenvalue weighted by atomic mass is 35.5. The molecule has 76 valence electrons. The second-order valence-electron chi connectivity index (χ2n) is 2.61. The molecule has 1 amide bonds. The molecule has 1 heterocycles. The van der Waals surface area contributed by atoms with Crippen molar-refractivity contribution in [1.82, 2.24) is 15.0 Å². The van der Waals surface area contributed by atoms with Crippen LogP contribution in [0.3, 0.4) is 0 Å². The fourth-order valence-electron chi connectivity index (χ4n) is 0.885. The number of hydrogen-bond donors (Lipinski definition) is 0. The molecule has 0 radical (unpaired) electrons. The SMILES string of the molecule is CON(C)C(=O)c1cc(Cl)nc(C)n1. The summed E-state index contributed by atoms with van der Waals surface area (Å²) in [4.78, 5) is 24.0. The molecule has 0 fully saturated rings.